The van der Waals surface area contributed by atoms with E-state index in [1.807, 2.05) is 0 Å². The Labute approximate surface area is 294 Å². The predicted molar refractivity (Wildman–Crippen MR) is 209 cm³/mol. The molecule has 0 radical (unpaired) electrons. The molecule has 0 aliphatic rings. The Morgan fingerprint density at radius 1 is 0.404 bits per heavy atom. The third kappa shape index (κ3) is 22.6. The number of imidazole rings is 1. The van der Waals surface area contributed by atoms with Gasteiger partial charge in [-0.25, -0.2) is 4.57 Å². The summed E-state index contributed by atoms with van der Waals surface area (Å²) in [5.41, 5.74) is 1.31. The smallest absolute Gasteiger partial charge is 0.234 e. The van der Waals surface area contributed by atoms with Crippen molar-refractivity contribution in [3.05, 3.63) is 48.5 Å². The van der Waals surface area contributed by atoms with Crippen molar-refractivity contribution in [3.8, 4) is 5.69 Å². The quantitative estimate of drug-likeness (QED) is 0.0519. The van der Waals surface area contributed by atoms with Crippen LogP contribution < -0.4 is 4.57 Å². The molecular formula is C45H81N2+. The van der Waals surface area contributed by atoms with Gasteiger partial charge >= 0.3 is 0 Å². The lowest BCUT2D eigenvalue weighted by molar-refractivity contribution is -0.704. The first kappa shape index (κ1) is 41.6. The number of aryl methyl sites for hydroxylation is 1. The summed E-state index contributed by atoms with van der Waals surface area (Å²) in [5.74, 6) is 1.50. The lowest BCUT2D eigenvalue weighted by Gasteiger charge is -2.07. The maximum absolute atomic E-state index is 2.57. The second-order valence-electron chi connectivity index (χ2n) is 15.0. The first-order chi connectivity index (χ1) is 23.4. The molecule has 47 heavy (non-hydrogen) atoms. The summed E-state index contributed by atoms with van der Waals surface area (Å²) in [5, 5.41) is 0. The minimum atomic E-state index is 1.17. The lowest BCUT2D eigenvalue weighted by Crippen LogP contribution is -2.37. The van der Waals surface area contributed by atoms with E-state index in [0.29, 0.717) is 0 Å². The van der Waals surface area contributed by atoms with Gasteiger partial charge in [0.1, 0.15) is 18.1 Å². The highest BCUT2D eigenvalue weighted by Crippen LogP contribution is 2.17. The van der Waals surface area contributed by atoms with Crippen molar-refractivity contribution in [2.45, 2.75) is 232 Å². The van der Waals surface area contributed by atoms with Crippen LogP contribution >= 0.6 is 0 Å². The Kier molecular flexibility index (Phi) is 28.0. The van der Waals surface area contributed by atoms with E-state index in [4.69, 9.17) is 0 Å². The summed E-state index contributed by atoms with van der Waals surface area (Å²) < 4.78 is 5.03. The molecule has 0 unspecified atom stereocenters. The number of unbranched alkanes of at least 4 members (excludes halogenated alkanes) is 30. The van der Waals surface area contributed by atoms with Crippen LogP contribution in [0.3, 0.4) is 0 Å². The van der Waals surface area contributed by atoms with E-state index in [-0.39, 0.29) is 0 Å². The Morgan fingerprint density at radius 3 is 1.13 bits per heavy atom. The van der Waals surface area contributed by atoms with Gasteiger partial charge in [-0.1, -0.05) is 218 Å². The van der Waals surface area contributed by atoms with Gasteiger partial charge in [-0.2, -0.15) is 4.57 Å². The van der Waals surface area contributed by atoms with Crippen molar-refractivity contribution in [1.29, 1.82) is 0 Å². The molecular weight excluding hydrogens is 569 g/mol. The Morgan fingerprint density at radius 2 is 0.745 bits per heavy atom. The minimum Gasteiger partial charge on any atom is -0.234 e. The standard InChI is InChI=1S/C45H81N2/c1-3-5-7-9-11-13-15-17-19-20-22-24-26-28-30-32-37-41-46-42-43-47(44-38-34-33-35-39-44)45(46)40-36-31-29-27-25-23-21-18-16-14-12-10-8-6-4-2/h33-35,38-39,42-43H,3-32,36-37,40-41H2,1-2H3/q+1. The largest absolute Gasteiger partial charge is 0.261 e. The highest BCUT2D eigenvalue weighted by molar-refractivity contribution is 5.31. The molecule has 1 aromatic carbocycles. The summed E-state index contributed by atoms with van der Waals surface area (Å²) in [6, 6.07) is 11.0. The van der Waals surface area contributed by atoms with Crippen LogP contribution in [0.5, 0.6) is 0 Å². The van der Waals surface area contributed by atoms with Gasteiger partial charge < -0.3 is 0 Å². The molecule has 0 saturated carbocycles. The zero-order chi connectivity index (χ0) is 33.3. The number of para-hydroxylation sites is 1. The van der Waals surface area contributed by atoms with Crippen molar-refractivity contribution in [1.82, 2.24) is 4.57 Å². The van der Waals surface area contributed by atoms with Crippen LogP contribution in [0.2, 0.25) is 0 Å². The van der Waals surface area contributed by atoms with E-state index in [9.17, 15) is 0 Å². The van der Waals surface area contributed by atoms with E-state index in [2.05, 4.69) is 65.7 Å². The zero-order valence-corrected chi connectivity index (χ0v) is 32.0. The summed E-state index contributed by atoms with van der Waals surface area (Å²) in [7, 11) is 0. The number of hydrogen-bond acceptors (Lipinski definition) is 0. The Hall–Kier alpha value is -1.57. The van der Waals surface area contributed by atoms with Crippen molar-refractivity contribution < 1.29 is 4.57 Å². The fourth-order valence-corrected chi connectivity index (χ4v) is 7.41. The molecule has 2 rings (SSSR count). The van der Waals surface area contributed by atoms with E-state index >= 15 is 0 Å². The third-order valence-corrected chi connectivity index (χ3v) is 10.5. The monoisotopic (exact) mass is 650 g/mol. The molecule has 0 atom stereocenters. The fraction of sp³-hybridized carbons (Fsp3) is 0.800. The summed E-state index contributed by atoms with van der Waals surface area (Å²) >= 11 is 0. The molecule has 2 aromatic rings. The van der Waals surface area contributed by atoms with Crippen LogP contribution in [0.15, 0.2) is 42.7 Å². The van der Waals surface area contributed by atoms with Crippen LogP contribution in [-0.2, 0) is 13.0 Å². The number of benzene rings is 1. The second-order valence-corrected chi connectivity index (χ2v) is 15.0. The van der Waals surface area contributed by atoms with E-state index < -0.39 is 0 Å². The number of aromatic nitrogens is 2. The van der Waals surface area contributed by atoms with Gasteiger partial charge in [0.2, 0.25) is 0 Å². The molecule has 0 aliphatic heterocycles. The summed E-state index contributed by atoms with van der Waals surface area (Å²) in [6.45, 7) is 5.79. The highest BCUT2D eigenvalue weighted by Gasteiger charge is 2.18. The molecule has 1 aromatic heterocycles. The van der Waals surface area contributed by atoms with Gasteiger partial charge in [0, 0.05) is 6.42 Å². The predicted octanol–water partition coefficient (Wildman–Crippen LogP) is 14.8. The molecule has 0 spiro atoms. The van der Waals surface area contributed by atoms with Gasteiger partial charge in [0.05, 0.1) is 6.54 Å². The molecule has 270 valence electrons. The zero-order valence-electron chi connectivity index (χ0n) is 32.0. The van der Waals surface area contributed by atoms with Crippen molar-refractivity contribution in [2.75, 3.05) is 0 Å². The highest BCUT2D eigenvalue weighted by atomic mass is 15.1. The van der Waals surface area contributed by atoms with Gasteiger partial charge in [-0.15, -0.1) is 0 Å². The maximum Gasteiger partial charge on any atom is 0.261 e. The molecule has 0 amide bonds. The molecule has 2 heteroatoms. The summed E-state index contributed by atoms with van der Waals surface area (Å²) in [6.07, 6.45) is 51.7. The van der Waals surface area contributed by atoms with Gasteiger partial charge in [-0.3, -0.25) is 0 Å². The molecule has 0 fully saturated rings. The lowest BCUT2D eigenvalue weighted by atomic mass is 10.0. The van der Waals surface area contributed by atoms with E-state index in [0.717, 1.165) is 0 Å². The van der Waals surface area contributed by atoms with E-state index in [1.165, 1.54) is 230 Å². The van der Waals surface area contributed by atoms with Gasteiger partial charge in [-0.05, 0) is 31.4 Å². The van der Waals surface area contributed by atoms with Crippen LogP contribution in [0.25, 0.3) is 5.69 Å². The van der Waals surface area contributed by atoms with Crippen LogP contribution in [0.4, 0.5) is 0 Å². The molecule has 1 heterocycles. The molecule has 0 saturated heterocycles. The first-order valence-corrected chi connectivity index (χ1v) is 21.5. The number of hydrogen-bond donors (Lipinski definition) is 0. The third-order valence-electron chi connectivity index (χ3n) is 10.5. The number of nitrogens with zero attached hydrogens (tertiary/aromatic N) is 2. The number of rotatable bonds is 35. The minimum absolute atomic E-state index is 1.17. The average molecular weight is 650 g/mol. The Balaban J connectivity index is 1.52. The van der Waals surface area contributed by atoms with Crippen molar-refractivity contribution in [2.24, 2.45) is 0 Å². The average Bonchev–Trinajstić information content (AvgIpc) is 3.50. The molecule has 0 bridgehead atoms. The fourth-order valence-electron chi connectivity index (χ4n) is 7.41. The van der Waals surface area contributed by atoms with Crippen LogP contribution in [0, 0.1) is 0 Å². The molecule has 0 N–H and O–H groups in total. The summed E-state index contributed by atoms with van der Waals surface area (Å²) in [4.78, 5) is 0. The van der Waals surface area contributed by atoms with E-state index in [1.54, 1.807) is 0 Å². The Bertz CT molecular complexity index is 900. The van der Waals surface area contributed by atoms with Crippen molar-refractivity contribution >= 4 is 0 Å². The van der Waals surface area contributed by atoms with Crippen LogP contribution in [-0.4, -0.2) is 4.57 Å². The SMILES string of the molecule is CCCCCCCCCCCCCCCCCCC[n+]1ccn(-c2ccccc2)c1CCCCCCCCCCCCCCCCC. The van der Waals surface area contributed by atoms with Crippen LogP contribution in [0.1, 0.15) is 225 Å². The first-order valence-electron chi connectivity index (χ1n) is 21.5. The topological polar surface area (TPSA) is 8.81 Å². The van der Waals surface area contributed by atoms with Gasteiger partial charge in [0.15, 0.2) is 0 Å². The second kappa shape index (κ2) is 31.7. The maximum atomic E-state index is 2.57. The molecule has 0 aliphatic carbocycles. The normalized spacial score (nSPS) is 11.5. The van der Waals surface area contributed by atoms with Gasteiger partial charge in [0.25, 0.3) is 5.82 Å². The van der Waals surface area contributed by atoms with Crippen molar-refractivity contribution in [3.63, 3.8) is 0 Å². The molecule has 2 nitrogen and oxygen atoms in total.